The Hall–Kier alpha value is -0.990. The lowest BCUT2D eigenvalue weighted by molar-refractivity contribution is 0.106. The first-order valence-electron chi connectivity index (χ1n) is 4.62. The smallest absolute Gasteiger partial charge is 0.409 e. The predicted octanol–water partition coefficient (Wildman–Crippen LogP) is -1.31. The van der Waals surface area contributed by atoms with E-state index in [0.717, 1.165) is 12.0 Å². The molecule has 19 heavy (non-hydrogen) atoms. The Morgan fingerprint density at radius 2 is 1.37 bits per heavy atom. The minimum absolute atomic E-state index is 0.318. The highest BCUT2D eigenvalue weighted by atomic mass is 32.3. The quantitative estimate of drug-likeness (QED) is 0.514. The zero-order chi connectivity index (χ0) is 15.1. The van der Waals surface area contributed by atoms with Gasteiger partial charge in [0.2, 0.25) is 0 Å². The molecule has 0 radical (unpaired) electrons. The highest BCUT2D eigenvalue weighted by molar-refractivity contribution is 7.81. The monoisotopic (exact) mass is 323 g/mol. The van der Waals surface area contributed by atoms with E-state index in [0.29, 0.717) is 0 Å². The van der Waals surface area contributed by atoms with E-state index in [1.807, 2.05) is 0 Å². The Bertz CT molecular complexity index is 444. The molecule has 0 spiro atoms. The number of hydrogen-bond donors (Lipinski definition) is 2. The van der Waals surface area contributed by atoms with E-state index in [4.69, 9.17) is 9.11 Å². The predicted molar refractivity (Wildman–Crippen MR) is 59.0 cm³/mol. The van der Waals surface area contributed by atoms with Gasteiger partial charge in [-0.15, -0.1) is 0 Å². The van der Waals surface area contributed by atoms with E-state index in [1.54, 1.807) is 0 Å². The topological polar surface area (TPSA) is 157 Å². The molecule has 0 aliphatic carbocycles. The average molecular weight is 323 g/mol. The van der Waals surface area contributed by atoms with E-state index < -0.39 is 40.1 Å². The molecule has 0 aromatic heterocycles. The van der Waals surface area contributed by atoms with Crippen LogP contribution in [0.4, 0.5) is 4.79 Å². The third-order valence-corrected chi connectivity index (χ3v) is 2.55. The molecule has 0 aromatic carbocycles. The lowest BCUT2D eigenvalue weighted by Crippen LogP contribution is -2.37. The fraction of sp³-hybridized carbons (Fsp3) is 0.833. The first kappa shape index (κ1) is 18.0. The lowest BCUT2D eigenvalue weighted by Gasteiger charge is -2.19. The van der Waals surface area contributed by atoms with Gasteiger partial charge >= 0.3 is 26.9 Å². The van der Waals surface area contributed by atoms with Crippen molar-refractivity contribution >= 4 is 26.9 Å². The zero-order valence-corrected chi connectivity index (χ0v) is 11.4. The Morgan fingerprint density at radius 3 is 1.63 bits per heavy atom. The summed E-state index contributed by atoms with van der Waals surface area (Å²) in [5, 5.41) is 0. The highest BCUT2D eigenvalue weighted by Gasteiger charge is 2.16. The van der Waals surface area contributed by atoms with Crippen LogP contribution in [0, 0.1) is 0 Å². The minimum Gasteiger partial charge on any atom is -0.453 e. The first-order valence-corrected chi connectivity index (χ1v) is 7.35. The van der Waals surface area contributed by atoms with E-state index in [-0.39, 0.29) is 13.1 Å². The van der Waals surface area contributed by atoms with Gasteiger partial charge in [-0.3, -0.25) is 9.11 Å². The van der Waals surface area contributed by atoms with Gasteiger partial charge in [0.05, 0.1) is 20.3 Å². The molecule has 0 unspecified atom stereocenters. The van der Waals surface area contributed by atoms with Gasteiger partial charge in [-0.25, -0.2) is 13.2 Å². The molecule has 0 fully saturated rings. The zero-order valence-electron chi connectivity index (χ0n) is 9.75. The van der Waals surface area contributed by atoms with E-state index in [9.17, 15) is 21.6 Å². The molecule has 114 valence electrons. The van der Waals surface area contributed by atoms with Crippen molar-refractivity contribution in [3.63, 3.8) is 0 Å². The molecular weight excluding hydrogens is 310 g/mol. The number of methoxy groups -OCH3 is 1. The van der Waals surface area contributed by atoms with E-state index in [2.05, 4.69) is 13.1 Å². The van der Waals surface area contributed by atoms with Crippen molar-refractivity contribution in [2.24, 2.45) is 0 Å². The number of ether oxygens (including phenoxy) is 1. The maximum Gasteiger partial charge on any atom is 0.409 e. The van der Waals surface area contributed by atoms with Gasteiger partial charge in [0.15, 0.2) is 0 Å². The van der Waals surface area contributed by atoms with Crippen LogP contribution in [0.2, 0.25) is 0 Å². The Balaban J connectivity index is 4.28. The largest absolute Gasteiger partial charge is 0.453 e. The molecule has 0 aliphatic heterocycles. The van der Waals surface area contributed by atoms with Crippen LogP contribution < -0.4 is 0 Å². The van der Waals surface area contributed by atoms with Crippen LogP contribution >= 0.6 is 0 Å². The Morgan fingerprint density at radius 1 is 1.00 bits per heavy atom. The first-order chi connectivity index (χ1) is 8.55. The summed E-state index contributed by atoms with van der Waals surface area (Å²) in [6.45, 7) is -1.78. The average Bonchev–Trinajstić information content (AvgIpc) is 2.22. The fourth-order valence-electron chi connectivity index (χ4n) is 0.929. The number of nitrogens with zero attached hydrogens (tertiary/aromatic N) is 1. The number of carbonyl (C=O) groups excluding carboxylic acids is 1. The van der Waals surface area contributed by atoms with E-state index >= 15 is 0 Å². The van der Waals surface area contributed by atoms with Crippen LogP contribution in [0.3, 0.4) is 0 Å². The van der Waals surface area contributed by atoms with Crippen LogP contribution in [0.25, 0.3) is 0 Å². The van der Waals surface area contributed by atoms with Gasteiger partial charge in [0.25, 0.3) is 0 Å². The van der Waals surface area contributed by atoms with Crippen molar-refractivity contribution in [3.05, 3.63) is 0 Å². The van der Waals surface area contributed by atoms with Crippen molar-refractivity contribution in [1.29, 1.82) is 0 Å². The van der Waals surface area contributed by atoms with Gasteiger partial charge in [-0.1, -0.05) is 0 Å². The molecule has 0 bridgehead atoms. The Kier molecular flexibility index (Phi) is 7.17. The van der Waals surface area contributed by atoms with Crippen molar-refractivity contribution in [2.75, 3.05) is 33.4 Å². The molecular formula is C6H13NO10S2. The second kappa shape index (κ2) is 7.56. The summed E-state index contributed by atoms with van der Waals surface area (Å²) in [7, 11) is -8.24. The SMILES string of the molecule is COC(=O)N(CCOS(=O)(=O)O)CCOS(=O)(=O)O. The van der Waals surface area contributed by atoms with Gasteiger partial charge < -0.3 is 9.64 Å². The standard InChI is InChI=1S/C6H13NO10S2/c1-15-6(8)7(2-4-16-18(9,10)11)3-5-17-19(12,13)14/h2-5H2,1H3,(H,9,10,11)(H,12,13,14). The van der Waals surface area contributed by atoms with Gasteiger partial charge in [0.1, 0.15) is 0 Å². The van der Waals surface area contributed by atoms with Gasteiger partial charge in [-0.2, -0.15) is 16.8 Å². The normalized spacial score (nSPS) is 12.2. The molecule has 0 heterocycles. The molecule has 0 aromatic rings. The molecule has 1 amide bonds. The maximum atomic E-state index is 11.2. The van der Waals surface area contributed by atoms with Crippen molar-refractivity contribution in [3.8, 4) is 0 Å². The number of rotatable bonds is 8. The third-order valence-electron chi connectivity index (χ3n) is 1.62. The molecule has 0 atom stereocenters. The summed E-state index contributed by atoms with van der Waals surface area (Å²) in [5.74, 6) is 0. The highest BCUT2D eigenvalue weighted by Crippen LogP contribution is 1.97. The van der Waals surface area contributed by atoms with Crippen LogP contribution in [0.5, 0.6) is 0 Å². The molecule has 0 aliphatic rings. The lowest BCUT2D eigenvalue weighted by atomic mass is 10.5. The maximum absolute atomic E-state index is 11.2. The van der Waals surface area contributed by atoms with Crippen molar-refractivity contribution < 1.29 is 43.8 Å². The van der Waals surface area contributed by atoms with Crippen LogP contribution in [0.15, 0.2) is 0 Å². The number of carbonyl (C=O) groups is 1. The summed E-state index contributed by atoms with van der Waals surface area (Å²) >= 11 is 0. The molecule has 0 saturated heterocycles. The molecule has 0 rings (SSSR count). The second-order valence-electron chi connectivity index (χ2n) is 2.96. The van der Waals surface area contributed by atoms with E-state index in [1.165, 1.54) is 0 Å². The second-order valence-corrected chi connectivity index (χ2v) is 5.14. The van der Waals surface area contributed by atoms with Gasteiger partial charge in [0, 0.05) is 13.1 Å². The number of amides is 1. The molecule has 13 heteroatoms. The number of hydrogen-bond acceptors (Lipinski definition) is 8. The molecule has 0 saturated carbocycles. The summed E-state index contributed by atoms with van der Waals surface area (Å²) < 4.78 is 69.9. The fourth-order valence-corrected chi connectivity index (χ4v) is 1.50. The van der Waals surface area contributed by atoms with Crippen LogP contribution in [-0.4, -0.2) is 70.3 Å². The molecule has 2 N–H and O–H groups in total. The Labute approximate surface area is 110 Å². The molecule has 11 nitrogen and oxygen atoms in total. The summed E-state index contributed by atoms with van der Waals surface area (Å²) in [6, 6.07) is 0. The van der Waals surface area contributed by atoms with Crippen LogP contribution in [0.1, 0.15) is 0 Å². The summed E-state index contributed by atoms with van der Waals surface area (Å²) in [6.07, 6.45) is -0.905. The third kappa shape index (κ3) is 10.6. The summed E-state index contributed by atoms with van der Waals surface area (Å²) in [5.41, 5.74) is 0. The van der Waals surface area contributed by atoms with Crippen molar-refractivity contribution in [2.45, 2.75) is 0 Å². The van der Waals surface area contributed by atoms with Crippen LogP contribution in [-0.2, 0) is 33.9 Å². The minimum atomic E-state index is -4.64. The summed E-state index contributed by atoms with van der Waals surface area (Å²) in [4.78, 5) is 12.0. The van der Waals surface area contributed by atoms with Gasteiger partial charge in [-0.05, 0) is 0 Å². The van der Waals surface area contributed by atoms with Crippen molar-refractivity contribution in [1.82, 2.24) is 4.90 Å².